The molecule has 100 valence electrons. The third-order valence-electron chi connectivity index (χ3n) is 2.62. The lowest BCUT2D eigenvalue weighted by molar-refractivity contribution is 0.506. The second kappa shape index (κ2) is 6.12. The number of halogens is 3. The second-order valence-corrected chi connectivity index (χ2v) is 5.14. The molecular weight excluding hydrogens is 271 g/mol. The van der Waals surface area contributed by atoms with E-state index in [2.05, 4.69) is 0 Å². The minimum absolute atomic E-state index is 0.297. The summed E-state index contributed by atoms with van der Waals surface area (Å²) in [4.78, 5) is 0.874. The van der Waals surface area contributed by atoms with E-state index >= 15 is 0 Å². The summed E-state index contributed by atoms with van der Waals surface area (Å²) in [6, 6.07) is 9.25. The van der Waals surface area contributed by atoms with Gasteiger partial charge in [-0.1, -0.05) is 6.07 Å². The van der Waals surface area contributed by atoms with E-state index in [1.807, 2.05) is 0 Å². The van der Waals surface area contributed by atoms with Crippen LogP contribution in [-0.4, -0.2) is 5.75 Å². The van der Waals surface area contributed by atoms with Gasteiger partial charge in [-0.25, -0.2) is 13.2 Å². The molecular formula is C14H12F3NS. The molecule has 0 bridgehead atoms. The van der Waals surface area contributed by atoms with E-state index in [-0.39, 0.29) is 5.82 Å². The molecule has 2 aromatic carbocycles. The summed E-state index contributed by atoms with van der Waals surface area (Å²) in [5.74, 6) is -1.59. The van der Waals surface area contributed by atoms with Crippen LogP contribution in [0.1, 0.15) is 11.6 Å². The Bertz CT molecular complexity index is 557. The zero-order chi connectivity index (χ0) is 13.8. The molecule has 0 aromatic heterocycles. The van der Waals surface area contributed by atoms with Crippen LogP contribution in [0.15, 0.2) is 47.4 Å². The highest BCUT2D eigenvalue weighted by molar-refractivity contribution is 7.99. The first kappa shape index (κ1) is 14.0. The van der Waals surface area contributed by atoms with E-state index in [9.17, 15) is 13.2 Å². The Kier molecular flexibility index (Phi) is 4.50. The van der Waals surface area contributed by atoms with Gasteiger partial charge in [-0.3, -0.25) is 0 Å². The topological polar surface area (TPSA) is 26.0 Å². The van der Waals surface area contributed by atoms with Crippen molar-refractivity contribution in [1.29, 1.82) is 0 Å². The van der Waals surface area contributed by atoms with Crippen LogP contribution in [0.4, 0.5) is 13.2 Å². The summed E-state index contributed by atoms with van der Waals surface area (Å²) < 4.78 is 38.6. The molecule has 1 unspecified atom stereocenters. The molecule has 2 rings (SSSR count). The fraction of sp³-hybridized carbons (Fsp3) is 0.143. The second-order valence-electron chi connectivity index (χ2n) is 4.04. The van der Waals surface area contributed by atoms with Crippen LogP contribution >= 0.6 is 11.8 Å². The van der Waals surface area contributed by atoms with Gasteiger partial charge in [-0.2, -0.15) is 0 Å². The van der Waals surface area contributed by atoms with Gasteiger partial charge in [-0.05, 0) is 42.0 Å². The Morgan fingerprint density at radius 1 is 0.947 bits per heavy atom. The Balaban J connectivity index is 1.98. The van der Waals surface area contributed by atoms with Crippen molar-refractivity contribution in [3.63, 3.8) is 0 Å². The fourth-order valence-electron chi connectivity index (χ4n) is 1.56. The lowest BCUT2D eigenvalue weighted by Crippen LogP contribution is -2.13. The van der Waals surface area contributed by atoms with Crippen molar-refractivity contribution >= 4 is 11.8 Å². The van der Waals surface area contributed by atoms with Crippen molar-refractivity contribution in [2.75, 3.05) is 5.75 Å². The Hall–Kier alpha value is -1.46. The highest BCUT2D eigenvalue weighted by Crippen LogP contribution is 2.24. The van der Waals surface area contributed by atoms with Gasteiger partial charge in [0.05, 0.1) is 0 Å². The minimum Gasteiger partial charge on any atom is -0.323 e. The van der Waals surface area contributed by atoms with Crippen molar-refractivity contribution in [1.82, 2.24) is 0 Å². The van der Waals surface area contributed by atoms with Gasteiger partial charge in [0, 0.05) is 16.7 Å². The van der Waals surface area contributed by atoms with E-state index in [0.29, 0.717) is 11.3 Å². The molecule has 19 heavy (non-hydrogen) atoms. The summed E-state index contributed by atoms with van der Waals surface area (Å²) in [7, 11) is 0. The van der Waals surface area contributed by atoms with Crippen molar-refractivity contribution in [3.05, 3.63) is 65.5 Å². The summed E-state index contributed by atoms with van der Waals surface area (Å²) in [6.45, 7) is 0. The largest absolute Gasteiger partial charge is 0.323 e. The van der Waals surface area contributed by atoms with Crippen LogP contribution < -0.4 is 5.73 Å². The standard InChI is InChI=1S/C14H12F3NS/c15-10-2-4-11(5-3-10)19-8-14(18)9-1-6-12(16)13(17)7-9/h1-7,14H,8,18H2. The molecule has 0 spiro atoms. The van der Waals surface area contributed by atoms with Gasteiger partial charge in [0.2, 0.25) is 0 Å². The van der Waals surface area contributed by atoms with Crippen LogP contribution in [-0.2, 0) is 0 Å². The molecule has 0 radical (unpaired) electrons. The first-order chi connectivity index (χ1) is 9.06. The monoisotopic (exact) mass is 283 g/mol. The molecule has 0 saturated carbocycles. The van der Waals surface area contributed by atoms with E-state index < -0.39 is 17.7 Å². The third-order valence-corrected chi connectivity index (χ3v) is 3.75. The number of thioether (sulfide) groups is 1. The first-order valence-electron chi connectivity index (χ1n) is 5.65. The van der Waals surface area contributed by atoms with E-state index in [1.165, 1.54) is 30.0 Å². The SMILES string of the molecule is NC(CSc1ccc(F)cc1)c1ccc(F)c(F)c1. The zero-order valence-electron chi connectivity index (χ0n) is 9.95. The molecule has 0 aliphatic rings. The molecule has 0 fully saturated rings. The van der Waals surface area contributed by atoms with E-state index in [0.717, 1.165) is 17.0 Å². The van der Waals surface area contributed by atoms with Gasteiger partial charge in [0.25, 0.3) is 0 Å². The van der Waals surface area contributed by atoms with Gasteiger partial charge in [0.15, 0.2) is 11.6 Å². The molecule has 0 heterocycles. The smallest absolute Gasteiger partial charge is 0.159 e. The molecule has 1 nitrogen and oxygen atoms in total. The summed E-state index contributed by atoms with van der Waals surface area (Å²) >= 11 is 1.43. The maximum absolute atomic E-state index is 13.1. The number of hydrogen-bond acceptors (Lipinski definition) is 2. The average Bonchev–Trinajstić information content (AvgIpc) is 2.41. The average molecular weight is 283 g/mol. The van der Waals surface area contributed by atoms with E-state index in [4.69, 9.17) is 5.73 Å². The van der Waals surface area contributed by atoms with Crippen LogP contribution in [0.25, 0.3) is 0 Å². The normalized spacial score (nSPS) is 12.4. The molecule has 1 atom stereocenters. The van der Waals surface area contributed by atoms with Crippen LogP contribution in [0.2, 0.25) is 0 Å². The number of rotatable bonds is 4. The molecule has 2 N–H and O–H groups in total. The lowest BCUT2D eigenvalue weighted by Gasteiger charge is -2.12. The van der Waals surface area contributed by atoms with Crippen molar-refractivity contribution < 1.29 is 13.2 Å². The predicted octanol–water partition coefficient (Wildman–Crippen LogP) is 3.90. The maximum atomic E-state index is 13.1. The Morgan fingerprint density at radius 2 is 1.63 bits per heavy atom. The molecule has 0 aliphatic heterocycles. The Morgan fingerprint density at radius 3 is 2.26 bits per heavy atom. The van der Waals surface area contributed by atoms with E-state index in [1.54, 1.807) is 12.1 Å². The Labute approximate surface area is 113 Å². The molecule has 0 saturated heterocycles. The fourth-order valence-corrected chi connectivity index (χ4v) is 2.45. The molecule has 5 heteroatoms. The number of benzene rings is 2. The molecule has 2 aromatic rings. The van der Waals surface area contributed by atoms with Crippen LogP contribution in [0.3, 0.4) is 0 Å². The summed E-state index contributed by atoms with van der Waals surface area (Å²) in [5.41, 5.74) is 6.44. The quantitative estimate of drug-likeness (QED) is 0.861. The highest BCUT2D eigenvalue weighted by atomic mass is 32.2. The highest BCUT2D eigenvalue weighted by Gasteiger charge is 2.10. The van der Waals surface area contributed by atoms with Crippen molar-refractivity contribution in [2.45, 2.75) is 10.9 Å². The maximum Gasteiger partial charge on any atom is 0.159 e. The van der Waals surface area contributed by atoms with Crippen molar-refractivity contribution in [2.24, 2.45) is 5.73 Å². The summed E-state index contributed by atoms with van der Waals surface area (Å²) in [6.07, 6.45) is 0. The third kappa shape index (κ3) is 3.75. The van der Waals surface area contributed by atoms with Crippen molar-refractivity contribution in [3.8, 4) is 0 Å². The molecule has 0 aliphatic carbocycles. The van der Waals surface area contributed by atoms with Gasteiger partial charge < -0.3 is 5.73 Å². The van der Waals surface area contributed by atoms with Crippen LogP contribution in [0.5, 0.6) is 0 Å². The predicted molar refractivity (Wildman–Crippen MR) is 70.4 cm³/mol. The number of hydrogen-bond donors (Lipinski definition) is 1. The minimum atomic E-state index is -0.903. The lowest BCUT2D eigenvalue weighted by atomic mass is 10.1. The number of nitrogens with two attached hydrogens (primary N) is 1. The van der Waals surface area contributed by atoms with Gasteiger partial charge in [-0.15, -0.1) is 11.8 Å². The van der Waals surface area contributed by atoms with Gasteiger partial charge >= 0.3 is 0 Å². The summed E-state index contributed by atoms with van der Waals surface area (Å²) in [5, 5.41) is 0. The zero-order valence-corrected chi connectivity index (χ0v) is 10.8. The first-order valence-corrected chi connectivity index (χ1v) is 6.64. The molecule has 0 amide bonds. The van der Waals surface area contributed by atoms with Gasteiger partial charge in [0.1, 0.15) is 5.82 Å². The van der Waals surface area contributed by atoms with Crippen LogP contribution in [0, 0.1) is 17.5 Å².